The number of para-hydroxylation sites is 1. The monoisotopic (exact) mass is 587 g/mol. The van der Waals surface area contributed by atoms with Crippen molar-refractivity contribution >= 4 is 40.7 Å². The van der Waals surface area contributed by atoms with Gasteiger partial charge < -0.3 is 26.2 Å². The third-order valence-electron chi connectivity index (χ3n) is 6.95. The summed E-state index contributed by atoms with van der Waals surface area (Å²) >= 11 is 6.46. The van der Waals surface area contributed by atoms with Gasteiger partial charge in [0.25, 0.3) is 5.91 Å². The molecule has 0 bridgehead atoms. The van der Waals surface area contributed by atoms with Crippen LogP contribution in [0.25, 0.3) is 0 Å². The number of rotatable bonds is 12. The summed E-state index contributed by atoms with van der Waals surface area (Å²) in [4.78, 5) is 36.1. The Morgan fingerprint density at radius 2 is 1.86 bits per heavy atom. The Morgan fingerprint density at radius 1 is 1.10 bits per heavy atom. The van der Waals surface area contributed by atoms with E-state index in [1.807, 2.05) is 43.3 Å². The van der Waals surface area contributed by atoms with Crippen molar-refractivity contribution in [1.29, 1.82) is 0 Å². The van der Waals surface area contributed by atoms with Gasteiger partial charge in [-0.15, -0.1) is 0 Å². The zero-order valence-electron chi connectivity index (χ0n) is 24.1. The average molecular weight is 588 g/mol. The summed E-state index contributed by atoms with van der Waals surface area (Å²) in [6.07, 6.45) is 10.7. The molecule has 1 fully saturated rings. The number of nitrogens with one attached hydrogen (secondary N) is 4. The van der Waals surface area contributed by atoms with Gasteiger partial charge in [-0.3, -0.25) is 9.59 Å². The van der Waals surface area contributed by atoms with Crippen LogP contribution in [0.15, 0.2) is 79.7 Å². The fourth-order valence-electron chi connectivity index (χ4n) is 4.86. The number of hydrogen-bond donors (Lipinski definition) is 4. The molecule has 3 aromatic rings. The highest BCUT2D eigenvalue weighted by molar-refractivity contribution is 6.31. The van der Waals surface area contributed by atoms with Crippen molar-refractivity contribution in [2.75, 3.05) is 36.6 Å². The summed E-state index contributed by atoms with van der Waals surface area (Å²) in [6, 6.07) is 15.0. The maximum atomic E-state index is 13.0. The van der Waals surface area contributed by atoms with Gasteiger partial charge in [0, 0.05) is 48.1 Å². The maximum Gasteiger partial charge on any atom is 0.251 e. The van der Waals surface area contributed by atoms with E-state index in [1.54, 1.807) is 42.7 Å². The zero-order valence-corrected chi connectivity index (χ0v) is 24.8. The Morgan fingerprint density at radius 3 is 2.62 bits per heavy atom. The summed E-state index contributed by atoms with van der Waals surface area (Å²) in [6.45, 7) is 4.43. The van der Waals surface area contributed by atoms with Gasteiger partial charge >= 0.3 is 0 Å². The van der Waals surface area contributed by atoms with Gasteiger partial charge in [0.15, 0.2) is 0 Å². The predicted octanol–water partition coefficient (Wildman–Crippen LogP) is 5.49. The van der Waals surface area contributed by atoms with Crippen LogP contribution in [0.1, 0.15) is 47.3 Å². The van der Waals surface area contributed by atoms with Gasteiger partial charge in [0.1, 0.15) is 0 Å². The molecule has 2 aromatic carbocycles. The van der Waals surface area contributed by atoms with E-state index in [0.29, 0.717) is 35.2 Å². The Hall–Kier alpha value is -4.21. The first kappa shape index (κ1) is 30.7. The van der Waals surface area contributed by atoms with E-state index >= 15 is 0 Å². The molecule has 1 heterocycles. The van der Waals surface area contributed by atoms with Crippen molar-refractivity contribution in [3.05, 3.63) is 102 Å². The van der Waals surface area contributed by atoms with Crippen molar-refractivity contribution in [3.8, 4) is 0 Å². The molecule has 1 aromatic heterocycles. The molecular weight excluding hydrogens is 550 g/mol. The number of carbonyl (C=O) groups excluding carboxylic acids is 2. The highest BCUT2D eigenvalue weighted by atomic mass is 35.5. The lowest BCUT2D eigenvalue weighted by molar-refractivity contribution is -0.111. The van der Waals surface area contributed by atoms with Crippen LogP contribution < -0.4 is 21.3 Å². The molecule has 1 aliphatic rings. The number of aromatic nitrogens is 2. The molecule has 0 spiro atoms. The SMILES string of the molecule is C=CNc1ccccc1Cc1nc(NC2CCCC(NC(=O)c3ccc(NC(=O)/C=C/CN(C)C)cc3)C2)ncc1Cl. The fourth-order valence-corrected chi connectivity index (χ4v) is 5.02. The lowest BCUT2D eigenvalue weighted by atomic mass is 9.91. The molecule has 0 saturated heterocycles. The molecule has 1 saturated carbocycles. The molecule has 4 N–H and O–H groups in total. The van der Waals surface area contributed by atoms with E-state index < -0.39 is 0 Å². The minimum Gasteiger partial charge on any atom is -0.362 e. The van der Waals surface area contributed by atoms with Crippen LogP contribution in [0.5, 0.6) is 0 Å². The Labute approximate surface area is 252 Å². The Bertz CT molecular complexity index is 1410. The normalized spacial score (nSPS) is 16.7. The molecule has 2 unspecified atom stereocenters. The van der Waals surface area contributed by atoms with Crippen molar-refractivity contribution in [2.24, 2.45) is 0 Å². The molecule has 9 nitrogen and oxygen atoms in total. The summed E-state index contributed by atoms with van der Waals surface area (Å²) in [5, 5.41) is 13.1. The number of likely N-dealkylation sites (N-methyl/N-ethyl adjacent to an activating group) is 1. The maximum absolute atomic E-state index is 13.0. The van der Waals surface area contributed by atoms with Crippen LogP contribution in [0, 0.1) is 0 Å². The number of carbonyl (C=O) groups is 2. The molecule has 1 aliphatic carbocycles. The quantitative estimate of drug-likeness (QED) is 0.207. The highest BCUT2D eigenvalue weighted by Crippen LogP contribution is 2.25. The molecule has 2 amide bonds. The molecule has 220 valence electrons. The minimum absolute atomic E-state index is 0.0218. The van der Waals surface area contributed by atoms with Gasteiger partial charge in [-0.05, 0) is 81.9 Å². The molecule has 10 heteroatoms. The third kappa shape index (κ3) is 9.15. The number of amides is 2. The molecule has 2 atom stereocenters. The first-order chi connectivity index (χ1) is 20.3. The lowest BCUT2D eigenvalue weighted by Gasteiger charge is -2.30. The van der Waals surface area contributed by atoms with Crippen LogP contribution in [-0.4, -0.2) is 59.4 Å². The molecular formula is C32H38ClN7O2. The second kappa shape index (κ2) is 15.1. The van der Waals surface area contributed by atoms with E-state index in [2.05, 4.69) is 32.8 Å². The van der Waals surface area contributed by atoms with Gasteiger partial charge in [0.2, 0.25) is 11.9 Å². The number of benzene rings is 2. The van der Waals surface area contributed by atoms with Gasteiger partial charge in [0.05, 0.1) is 16.9 Å². The summed E-state index contributed by atoms with van der Waals surface area (Å²) in [7, 11) is 3.87. The summed E-state index contributed by atoms with van der Waals surface area (Å²) in [5.74, 6) is 0.178. The second-order valence-corrected chi connectivity index (χ2v) is 11.0. The van der Waals surface area contributed by atoms with Crippen LogP contribution in [0.3, 0.4) is 0 Å². The first-order valence-corrected chi connectivity index (χ1v) is 14.4. The number of hydrogen-bond acceptors (Lipinski definition) is 7. The Kier molecular flexibility index (Phi) is 11.1. The first-order valence-electron chi connectivity index (χ1n) is 14.1. The number of anilines is 3. The predicted molar refractivity (Wildman–Crippen MR) is 170 cm³/mol. The highest BCUT2D eigenvalue weighted by Gasteiger charge is 2.24. The van der Waals surface area contributed by atoms with Crippen molar-refractivity contribution in [2.45, 2.75) is 44.2 Å². The van der Waals surface area contributed by atoms with E-state index in [4.69, 9.17) is 16.6 Å². The molecule has 0 aliphatic heterocycles. The topological polar surface area (TPSA) is 111 Å². The van der Waals surface area contributed by atoms with Crippen molar-refractivity contribution in [1.82, 2.24) is 20.2 Å². The van der Waals surface area contributed by atoms with Crippen LogP contribution >= 0.6 is 11.6 Å². The second-order valence-electron chi connectivity index (χ2n) is 10.6. The number of nitrogens with zero attached hydrogens (tertiary/aromatic N) is 3. The van der Waals surface area contributed by atoms with Crippen LogP contribution in [0.2, 0.25) is 5.02 Å². The zero-order chi connectivity index (χ0) is 29.9. The van der Waals surface area contributed by atoms with E-state index in [-0.39, 0.29) is 23.9 Å². The lowest BCUT2D eigenvalue weighted by Crippen LogP contribution is -2.42. The molecule has 42 heavy (non-hydrogen) atoms. The average Bonchev–Trinajstić information content (AvgIpc) is 2.96. The van der Waals surface area contributed by atoms with Crippen LogP contribution in [-0.2, 0) is 11.2 Å². The summed E-state index contributed by atoms with van der Waals surface area (Å²) < 4.78 is 0. The fraction of sp³-hybridized carbons (Fsp3) is 0.312. The molecule has 4 rings (SSSR count). The van der Waals surface area contributed by atoms with E-state index in [0.717, 1.165) is 42.6 Å². The Balaban J connectivity index is 1.31. The largest absolute Gasteiger partial charge is 0.362 e. The van der Waals surface area contributed by atoms with E-state index in [9.17, 15) is 9.59 Å². The van der Waals surface area contributed by atoms with Crippen molar-refractivity contribution in [3.63, 3.8) is 0 Å². The number of halogens is 1. The standard InChI is InChI=1S/C32H38ClN7O2/c1-4-34-28-12-6-5-9-23(28)19-29-27(33)21-35-32(39-29)38-26-11-7-10-25(20-26)37-31(42)22-14-16-24(17-15-22)36-30(41)13-8-18-40(2)3/h4-6,8-9,12-17,21,25-26,34H,1,7,10-11,18-20H2,2-3H3,(H,36,41)(H,37,42)(H,35,38,39)/b13-8+. The van der Waals surface area contributed by atoms with Gasteiger partial charge in [-0.1, -0.05) is 42.5 Å². The smallest absolute Gasteiger partial charge is 0.251 e. The van der Waals surface area contributed by atoms with Gasteiger partial charge in [-0.2, -0.15) is 0 Å². The third-order valence-corrected chi connectivity index (χ3v) is 7.26. The summed E-state index contributed by atoms with van der Waals surface area (Å²) in [5.41, 5.74) is 3.92. The van der Waals surface area contributed by atoms with Crippen molar-refractivity contribution < 1.29 is 9.59 Å². The molecule has 0 radical (unpaired) electrons. The van der Waals surface area contributed by atoms with Gasteiger partial charge in [-0.25, -0.2) is 9.97 Å². The minimum atomic E-state index is -0.207. The van der Waals surface area contributed by atoms with Crippen LogP contribution in [0.4, 0.5) is 17.3 Å². The van der Waals surface area contributed by atoms with E-state index in [1.165, 1.54) is 6.08 Å².